The van der Waals surface area contributed by atoms with Gasteiger partial charge in [0.15, 0.2) is 5.78 Å². The first kappa shape index (κ1) is 11.7. The molecular weight excluding hydrogens is 229 g/mol. The lowest BCUT2D eigenvalue weighted by Gasteiger charge is -2.21. The Morgan fingerprint density at radius 1 is 1.33 bits per heavy atom. The molecule has 0 spiro atoms. The number of anilines is 1. The van der Waals surface area contributed by atoms with E-state index >= 15 is 0 Å². The first-order chi connectivity index (χ1) is 8.63. The first-order valence-corrected chi connectivity index (χ1v) is 6.71. The summed E-state index contributed by atoms with van der Waals surface area (Å²) >= 11 is 0. The van der Waals surface area contributed by atoms with Crippen LogP contribution in [0.1, 0.15) is 42.5 Å². The van der Waals surface area contributed by atoms with Crippen molar-refractivity contribution in [3.63, 3.8) is 0 Å². The van der Waals surface area contributed by atoms with E-state index in [0.29, 0.717) is 29.5 Å². The van der Waals surface area contributed by atoms with Crippen molar-refractivity contribution < 1.29 is 9.18 Å². The number of carbonyl (C=O) groups is 1. The molecule has 3 rings (SSSR count). The number of benzene rings is 1. The quantitative estimate of drug-likeness (QED) is 0.657. The summed E-state index contributed by atoms with van der Waals surface area (Å²) in [5.41, 5.74) is 6.51. The molecule has 0 amide bonds. The van der Waals surface area contributed by atoms with Gasteiger partial charge in [-0.1, -0.05) is 6.42 Å². The van der Waals surface area contributed by atoms with Crippen molar-refractivity contribution >= 4 is 11.5 Å². The van der Waals surface area contributed by atoms with E-state index in [1.165, 1.54) is 43.9 Å². The summed E-state index contributed by atoms with van der Waals surface area (Å²) in [4.78, 5) is 12.2. The molecule has 3 heteroatoms. The Balaban J connectivity index is 1.73. The molecule has 0 radical (unpaired) electrons. The number of rotatable bonds is 3. The van der Waals surface area contributed by atoms with Crippen molar-refractivity contribution in [1.29, 1.82) is 0 Å². The topological polar surface area (TPSA) is 43.1 Å². The highest BCUT2D eigenvalue weighted by atomic mass is 19.1. The summed E-state index contributed by atoms with van der Waals surface area (Å²) < 4.78 is 13.2. The summed E-state index contributed by atoms with van der Waals surface area (Å²) in [5, 5.41) is 0. The van der Waals surface area contributed by atoms with Crippen molar-refractivity contribution in [2.45, 2.75) is 32.1 Å². The molecule has 96 valence electrons. The van der Waals surface area contributed by atoms with Gasteiger partial charge in [-0.25, -0.2) is 4.39 Å². The monoisotopic (exact) mass is 247 g/mol. The average molecular weight is 247 g/mol. The van der Waals surface area contributed by atoms with E-state index in [-0.39, 0.29) is 11.6 Å². The average Bonchev–Trinajstić information content (AvgIpc) is 2.94. The molecule has 0 heterocycles. The first-order valence-electron chi connectivity index (χ1n) is 6.71. The van der Waals surface area contributed by atoms with Gasteiger partial charge in [0.05, 0.1) is 0 Å². The molecule has 2 aliphatic carbocycles. The minimum atomic E-state index is -0.388. The van der Waals surface area contributed by atoms with E-state index in [2.05, 4.69) is 0 Å². The number of ketones is 1. The van der Waals surface area contributed by atoms with Crippen LogP contribution >= 0.6 is 0 Å². The van der Waals surface area contributed by atoms with E-state index in [1.807, 2.05) is 0 Å². The summed E-state index contributed by atoms with van der Waals surface area (Å²) in [6.07, 6.45) is 5.59. The molecular formula is C15H18FNO. The lowest BCUT2D eigenvalue weighted by atomic mass is 9.84. The van der Waals surface area contributed by atoms with Crippen LogP contribution in [-0.2, 0) is 0 Å². The number of carbonyl (C=O) groups excluding carboxylic acids is 1. The van der Waals surface area contributed by atoms with Gasteiger partial charge in [-0.05, 0) is 55.2 Å². The maximum Gasteiger partial charge on any atom is 0.165 e. The second kappa shape index (κ2) is 4.38. The van der Waals surface area contributed by atoms with Crippen molar-refractivity contribution in [2.24, 2.45) is 17.8 Å². The van der Waals surface area contributed by atoms with Crippen LogP contribution in [0.2, 0.25) is 0 Å². The van der Waals surface area contributed by atoms with Crippen molar-refractivity contribution in [3.8, 4) is 0 Å². The highest BCUT2D eigenvalue weighted by molar-refractivity contribution is 6.00. The smallest absolute Gasteiger partial charge is 0.165 e. The van der Waals surface area contributed by atoms with Gasteiger partial charge < -0.3 is 5.73 Å². The van der Waals surface area contributed by atoms with E-state index in [4.69, 9.17) is 5.73 Å². The SMILES string of the molecule is Nc1ccc(F)cc1C(=O)CC1CC2CCC1C2. The Hall–Kier alpha value is -1.38. The number of nitrogen functional groups attached to an aromatic ring is 1. The predicted octanol–water partition coefficient (Wildman–Crippen LogP) is 3.42. The van der Waals surface area contributed by atoms with Gasteiger partial charge in [-0.2, -0.15) is 0 Å². The van der Waals surface area contributed by atoms with Crippen LogP contribution in [0.25, 0.3) is 0 Å². The fourth-order valence-electron chi connectivity index (χ4n) is 3.74. The van der Waals surface area contributed by atoms with Crippen LogP contribution in [0.15, 0.2) is 18.2 Å². The van der Waals surface area contributed by atoms with E-state index < -0.39 is 0 Å². The standard InChI is InChI=1S/C15H18FNO/c16-12-3-4-14(17)13(8-12)15(18)7-11-6-9-1-2-10(11)5-9/h3-4,8-11H,1-2,5-7,17H2. The third-order valence-corrected chi connectivity index (χ3v) is 4.65. The molecule has 2 aliphatic rings. The zero-order valence-electron chi connectivity index (χ0n) is 10.4. The van der Waals surface area contributed by atoms with Gasteiger partial charge >= 0.3 is 0 Å². The molecule has 0 aliphatic heterocycles. The summed E-state index contributed by atoms with van der Waals surface area (Å²) in [7, 11) is 0. The number of Topliss-reactive ketones (excluding diaryl/α,β-unsaturated/α-hetero) is 1. The fourth-order valence-corrected chi connectivity index (χ4v) is 3.74. The van der Waals surface area contributed by atoms with Crippen LogP contribution in [0.5, 0.6) is 0 Å². The van der Waals surface area contributed by atoms with Crippen molar-refractivity contribution in [3.05, 3.63) is 29.6 Å². The van der Waals surface area contributed by atoms with E-state index in [0.717, 1.165) is 5.92 Å². The molecule has 2 bridgehead atoms. The zero-order valence-corrected chi connectivity index (χ0v) is 10.4. The largest absolute Gasteiger partial charge is 0.398 e. The molecule has 0 saturated heterocycles. The molecule has 18 heavy (non-hydrogen) atoms. The molecule has 1 aromatic rings. The van der Waals surface area contributed by atoms with Crippen LogP contribution < -0.4 is 5.73 Å². The number of fused-ring (bicyclic) bond motifs is 2. The van der Waals surface area contributed by atoms with Crippen LogP contribution in [0, 0.1) is 23.6 Å². The highest BCUT2D eigenvalue weighted by Crippen LogP contribution is 2.49. The highest BCUT2D eigenvalue weighted by Gasteiger charge is 2.40. The summed E-state index contributed by atoms with van der Waals surface area (Å²) in [5.74, 6) is 1.66. The van der Waals surface area contributed by atoms with Crippen molar-refractivity contribution in [2.75, 3.05) is 5.73 Å². The Labute approximate surface area is 106 Å². The lowest BCUT2D eigenvalue weighted by Crippen LogP contribution is -2.16. The van der Waals surface area contributed by atoms with Gasteiger partial charge in [-0.15, -0.1) is 0 Å². The third-order valence-electron chi connectivity index (χ3n) is 4.65. The van der Waals surface area contributed by atoms with Crippen LogP contribution in [-0.4, -0.2) is 5.78 Å². The van der Waals surface area contributed by atoms with Gasteiger partial charge in [0.25, 0.3) is 0 Å². The van der Waals surface area contributed by atoms with Gasteiger partial charge in [0.2, 0.25) is 0 Å². The van der Waals surface area contributed by atoms with Crippen LogP contribution in [0.4, 0.5) is 10.1 Å². The number of hydrogen-bond donors (Lipinski definition) is 1. The molecule has 2 fully saturated rings. The molecule has 0 aromatic heterocycles. The number of hydrogen-bond acceptors (Lipinski definition) is 2. The molecule has 3 unspecified atom stereocenters. The van der Waals surface area contributed by atoms with Gasteiger partial charge in [0, 0.05) is 17.7 Å². The maximum atomic E-state index is 13.2. The number of nitrogens with two attached hydrogens (primary N) is 1. The van der Waals surface area contributed by atoms with Crippen LogP contribution in [0.3, 0.4) is 0 Å². The van der Waals surface area contributed by atoms with Gasteiger partial charge in [0.1, 0.15) is 5.82 Å². The minimum absolute atomic E-state index is 0.00421. The maximum absolute atomic E-state index is 13.2. The molecule has 2 saturated carbocycles. The normalized spacial score (nSPS) is 29.7. The van der Waals surface area contributed by atoms with E-state index in [9.17, 15) is 9.18 Å². The Kier molecular flexibility index (Phi) is 2.84. The van der Waals surface area contributed by atoms with E-state index in [1.54, 1.807) is 0 Å². The minimum Gasteiger partial charge on any atom is -0.398 e. The second-order valence-corrected chi connectivity index (χ2v) is 5.79. The molecule has 2 N–H and O–H groups in total. The Morgan fingerprint density at radius 2 is 2.17 bits per heavy atom. The number of halogens is 1. The zero-order chi connectivity index (χ0) is 12.7. The summed E-state index contributed by atoms with van der Waals surface area (Å²) in [6.45, 7) is 0. The Bertz CT molecular complexity index is 485. The third kappa shape index (κ3) is 2.02. The van der Waals surface area contributed by atoms with Crippen molar-refractivity contribution in [1.82, 2.24) is 0 Å². The molecule has 2 nitrogen and oxygen atoms in total. The predicted molar refractivity (Wildman–Crippen MR) is 68.7 cm³/mol. The summed E-state index contributed by atoms with van der Waals surface area (Å²) in [6, 6.07) is 4.04. The van der Waals surface area contributed by atoms with Gasteiger partial charge in [-0.3, -0.25) is 4.79 Å². The molecule has 3 atom stereocenters. The Morgan fingerprint density at radius 3 is 2.83 bits per heavy atom. The fraction of sp³-hybridized carbons (Fsp3) is 0.533. The lowest BCUT2D eigenvalue weighted by molar-refractivity contribution is 0.0944. The second-order valence-electron chi connectivity index (χ2n) is 5.79. The molecule has 1 aromatic carbocycles.